The molecule has 0 heterocycles. The number of carboxylic acid groups (broad SMARTS) is 1. The number of rotatable bonds is 7. The number of amides is 1. The predicted octanol–water partition coefficient (Wildman–Crippen LogP) is 1.80. The number of aliphatic carboxylic acids is 1. The van der Waals surface area contributed by atoms with Gasteiger partial charge in [-0.25, -0.2) is 0 Å². The molecule has 4 nitrogen and oxygen atoms in total. The number of hydrogen-bond donors (Lipinski definition) is 2. The minimum atomic E-state index is -0.975. The summed E-state index contributed by atoms with van der Waals surface area (Å²) >= 11 is 0. The van der Waals surface area contributed by atoms with Crippen molar-refractivity contribution in [3.8, 4) is 12.3 Å². The first-order valence-electron chi connectivity index (χ1n) is 5.94. The SMILES string of the molecule is C#CC(CC)NC(=O)CC(CC)(CC)C(=O)O. The van der Waals surface area contributed by atoms with Crippen LogP contribution in [0.25, 0.3) is 0 Å². The van der Waals surface area contributed by atoms with Crippen molar-refractivity contribution in [2.24, 2.45) is 5.41 Å². The molecule has 0 bridgehead atoms. The monoisotopic (exact) mass is 239 g/mol. The van der Waals surface area contributed by atoms with Crippen LogP contribution in [0.2, 0.25) is 0 Å². The van der Waals surface area contributed by atoms with Gasteiger partial charge in [-0.2, -0.15) is 0 Å². The Bertz CT molecular complexity index is 313. The molecule has 0 saturated heterocycles. The van der Waals surface area contributed by atoms with E-state index in [1.807, 2.05) is 6.92 Å². The standard InChI is InChI=1S/C13H21NO3/c1-5-10(6-2)14-11(15)9-13(7-3,8-4)12(16)17/h1,10H,6-9H2,2-4H3,(H,14,15)(H,16,17). The van der Waals surface area contributed by atoms with Crippen LogP contribution in [0.3, 0.4) is 0 Å². The third kappa shape index (κ3) is 4.10. The molecule has 17 heavy (non-hydrogen) atoms. The van der Waals surface area contributed by atoms with E-state index in [-0.39, 0.29) is 18.4 Å². The maximum absolute atomic E-state index is 11.7. The molecule has 0 aliphatic heterocycles. The first-order valence-corrected chi connectivity index (χ1v) is 5.94. The first-order chi connectivity index (χ1) is 7.95. The van der Waals surface area contributed by atoms with Crippen LogP contribution in [0.1, 0.15) is 46.5 Å². The van der Waals surface area contributed by atoms with Gasteiger partial charge in [0.05, 0.1) is 11.5 Å². The van der Waals surface area contributed by atoms with Gasteiger partial charge in [-0.3, -0.25) is 9.59 Å². The number of terminal acetylenes is 1. The molecule has 0 spiro atoms. The van der Waals surface area contributed by atoms with Crippen molar-refractivity contribution in [2.45, 2.75) is 52.5 Å². The lowest BCUT2D eigenvalue weighted by Crippen LogP contribution is -2.40. The van der Waals surface area contributed by atoms with Crippen LogP contribution in [0, 0.1) is 17.8 Å². The Morgan fingerprint density at radius 1 is 1.35 bits per heavy atom. The molecule has 0 aromatic rings. The van der Waals surface area contributed by atoms with E-state index in [1.54, 1.807) is 13.8 Å². The van der Waals surface area contributed by atoms with Crippen molar-refractivity contribution in [1.29, 1.82) is 0 Å². The molecule has 0 saturated carbocycles. The van der Waals surface area contributed by atoms with Crippen LogP contribution in [-0.4, -0.2) is 23.0 Å². The Balaban J connectivity index is 4.64. The van der Waals surface area contributed by atoms with Crippen molar-refractivity contribution >= 4 is 11.9 Å². The molecule has 2 N–H and O–H groups in total. The minimum absolute atomic E-state index is 0.0203. The molecular weight excluding hydrogens is 218 g/mol. The second-order valence-corrected chi connectivity index (χ2v) is 4.16. The molecule has 1 unspecified atom stereocenters. The Labute approximate surface area is 103 Å². The van der Waals surface area contributed by atoms with Crippen molar-refractivity contribution < 1.29 is 14.7 Å². The third-order valence-corrected chi connectivity index (χ3v) is 3.25. The maximum atomic E-state index is 11.7. The van der Waals surface area contributed by atoms with Gasteiger partial charge in [-0.05, 0) is 19.3 Å². The quantitative estimate of drug-likeness (QED) is 0.666. The lowest BCUT2D eigenvalue weighted by molar-refractivity contribution is -0.152. The number of carboxylic acids is 1. The fourth-order valence-electron chi connectivity index (χ4n) is 1.69. The van der Waals surface area contributed by atoms with Gasteiger partial charge in [0.1, 0.15) is 0 Å². The third-order valence-electron chi connectivity index (χ3n) is 3.25. The summed E-state index contributed by atoms with van der Waals surface area (Å²) in [4.78, 5) is 23.0. The number of carbonyl (C=O) groups is 2. The predicted molar refractivity (Wildman–Crippen MR) is 66.3 cm³/mol. The second-order valence-electron chi connectivity index (χ2n) is 4.16. The van der Waals surface area contributed by atoms with Crippen molar-refractivity contribution in [2.75, 3.05) is 0 Å². The van der Waals surface area contributed by atoms with Crippen molar-refractivity contribution in [3.63, 3.8) is 0 Å². The Kier molecular flexibility index (Phi) is 6.34. The second kappa shape index (κ2) is 6.95. The molecule has 0 fully saturated rings. The van der Waals surface area contributed by atoms with Crippen LogP contribution in [0.4, 0.5) is 0 Å². The smallest absolute Gasteiger partial charge is 0.310 e. The van der Waals surface area contributed by atoms with E-state index >= 15 is 0 Å². The highest BCUT2D eigenvalue weighted by Gasteiger charge is 2.37. The summed E-state index contributed by atoms with van der Waals surface area (Å²) in [5, 5.41) is 11.9. The summed E-state index contributed by atoms with van der Waals surface area (Å²) in [5.41, 5.74) is -0.975. The van der Waals surface area contributed by atoms with Crippen molar-refractivity contribution in [1.82, 2.24) is 5.32 Å². The van der Waals surface area contributed by atoms with Crippen LogP contribution in [0.5, 0.6) is 0 Å². The van der Waals surface area contributed by atoms with E-state index < -0.39 is 11.4 Å². The molecule has 0 aliphatic rings. The highest BCUT2D eigenvalue weighted by molar-refractivity contribution is 5.85. The number of nitrogens with one attached hydrogen (secondary N) is 1. The van der Waals surface area contributed by atoms with Crippen molar-refractivity contribution in [3.05, 3.63) is 0 Å². The molecule has 0 aromatic heterocycles. The molecular formula is C13H21NO3. The highest BCUT2D eigenvalue weighted by Crippen LogP contribution is 2.30. The van der Waals surface area contributed by atoms with Gasteiger partial charge in [-0.15, -0.1) is 6.42 Å². The fraction of sp³-hybridized carbons (Fsp3) is 0.692. The van der Waals surface area contributed by atoms with E-state index in [4.69, 9.17) is 6.42 Å². The highest BCUT2D eigenvalue weighted by atomic mass is 16.4. The molecule has 96 valence electrons. The lowest BCUT2D eigenvalue weighted by atomic mass is 9.79. The average molecular weight is 239 g/mol. The summed E-state index contributed by atoms with van der Waals surface area (Å²) in [6.07, 6.45) is 6.72. The Hall–Kier alpha value is -1.50. The number of hydrogen-bond acceptors (Lipinski definition) is 2. The van der Waals surface area contributed by atoms with Gasteiger partial charge < -0.3 is 10.4 Å². The average Bonchev–Trinajstić information content (AvgIpc) is 2.32. The maximum Gasteiger partial charge on any atom is 0.310 e. The van der Waals surface area contributed by atoms with E-state index in [9.17, 15) is 14.7 Å². The van der Waals surface area contributed by atoms with E-state index in [0.717, 1.165) is 0 Å². The molecule has 0 aromatic carbocycles. The van der Waals surface area contributed by atoms with Crippen LogP contribution >= 0.6 is 0 Å². The zero-order valence-electron chi connectivity index (χ0n) is 10.7. The summed E-state index contributed by atoms with van der Waals surface area (Å²) in [7, 11) is 0. The minimum Gasteiger partial charge on any atom is -0.481 e. The van der Waals surface area contributed by atoms with Gasteiger partial charge in [0.2, 0.25) is 5.91 Å². The van der Waals surface area contributed by atoms with Gasteiger partial charge in [0.15, 0.2) is 0 Å². The largest absolute Gasteiger partial charge is 0.481 e. The molecule has 0 aliphatic carbocycles. The number of carbonyl (C=O) groups excluding carboxylic acids is 1. The first kappa shape index (κ1) is 15.5. The summed E-state index contributed by atoms with van der Waals surface area (Å²) in [6.45, 7) is 5.43. The summed E-state index contributed by atoms with van der Waals surface area (Å²) in [6, 6.07) is -0.317. The topological polar surface area (TPSA) is 66.4 Å². The molecule has 4 heteroatoms. The van der Waals surface area contributed by atoms with Gasteiger partial charge in [-0.1, -0.05) is 26.7 Å². The van der Waals surface area contributed by atoms with E-state index in [0.29, 0.717) is 19.3 Å². The zero-order chi connectivity index (χ0) is 13.5. The summed E-state index contributed by atoms with van der Waals surface area (Å²) in [5.74, 6) is 1.24. The Morgan fingerprint density at radius 2 is 1.88 bits per heavy atom. The van der Waals surface area contributed by atoms with Crippen LogP contribution < -0.4 is 5.32 Å². The Morgan fingerprint density at radius 3 is 2.18 bits per heavy atom. The van der Waals surface area contributed by atoms with Gasteiger partial charge in [0, 0.05) is 6.42 Å². The zero-order valence-corrected chi connectivity index (χ0v) is 10.7. The van der Waals surface area contributed by atoms with Gasteiger partial charge in [0.25, 0.3) is 0 Å². The van der Waals surface area contributed by atoms with Gasteiger partial charge >= 0.3 is 5.97 Å². The van der Waals surface area contributed by atoms with E-state index in [2.05, 4.69) is 11.2 Å². The molecule has 1 atom stereocenters. The fourth-order valence-corrected chi connectivity index (χ4v) is 1.69. The lowest BCUT2D eigenvalue weighted by Gasteiger charge is -2.26. The van der Waals surface area contributed by atoms with Crippen LogP contribution in [-0.2, 0) is 9.59 Å². The van der Waals surface area contributed by atoms with Crippen LogP contribution in [0.15, 0.2) is 0 Å². The van der Waals surface area contributed by atoms with E-state index in [1.165, 1.54) is 0 Å². The normalized spacial score (nSPS) is 12.6. The molecule has 0 radical (unpaired) electrons. The summed E-state index contributed by atoms with van der Waals surface area (Å²) < 4.78 is 0. The molecule has 0 rings (SSSR count). The molecule has 1 amide bonds.